The number of hydrogen-bond donors (Lipinski definition) is 1. The van der Waals surface area contributed by atoms with E-state index in [9.17, 15) is 0 Å². The molecule has 0 aromatic heterocycles. The molecule has 0 aliphatic carbocycles. The zero-order valence-corrected chi connectivity index (χ0v) is 13.2. The fourth-order valence-electron chi connectivity index (χ4n) is 2.99. The van der Waals surface area contributed by atoms with Crippen molar-refractivity contribution in [2.24, 2.45) is 0 Å². The number of likely N-dealkylation sites (N-methyl/N-ethyl adjacent to an activating group) is 2. The lowest BCUT2D eigenvalue weighted by atomic mass is 9.81. The standard InChI is InChI=1S/C17H29N3/c1-4-18-14-17(2,16-8-6-5-7-9-16)15-20-12-10-19(3)11-13-20/h5-9,18H,4,10-15H2,1-3H3. The first kappa shape index (κ1) is 15.5. The van der Waals surface area contributed by atoms with Gasteiger partial charge in [0.1, 0.15) is 0 Å². The quantitative estimate of drug-likeness (QED) is 0.854. The van der Waals surface area contributed by atoms with E-state index < -0.39 is 0 Å². The molecule has 112 valence electrons. The molecular weight excluding hydrogens is 246 g/mol. The van der Waals surface area contributed by atoms with Crippen molar-refractivity contribution in [2.45, 2.75) is 19.3 Å². The topological polar surface area (TPSA) is 18.5 Å². The molecular formula is C17H29N3. The summed E-state index contributed by atoms with van der Waals surface area (Å²) in [5.74, 6) is 0. The largest absolute Gasteiger partial charge is 0.316 e. The average Bonchev–Trinajstić information content (AvgIpc) is 2.48. The van der Waals surface area contributed by atoms with Crippen LogP contribution in [0.4, 0.5) is 0 Å². The molecule has 1 atom stereocenters. The molecule has 1 N–H and O–H groups in total. The van der Waals surface area contributed by atoms with Crippen molar-refractivity contribution in [2.75, 3.05) is 52.9 Å². The van der Waals surface area contributed by atoms with Gasteiger partial charge in [0.2, 0.25) is 0 Å². The summed E-state index contributed by atoms with van der Waals surface area (Å²) in [7, 11) is 2.21. The van der Waals surface area contributed by atoms with Crippen LogP contribution >= 0.6 is 0 Å². The highest BCUT2D eigenvalue weighted by molar-refractivity contribution is 5.25. The monoisotopic (exact) mass is 275 g/mol. The third-order valence-electron chi connectivity index (χ3n) is 4.40. The van der Waals surface area contributed by atoms with Gasteiger partial charge in [-0.15, -0.1) is 0 Å². The smallest absolute Gasteiger partial charge is 0.0177 e. The highest BCUT2D eigenvalue weighted by atomic mass is 15.2. The number of nitrogens with zero attached hydrogens (tertiary/aromatic N) is 2. The van der Waals surface area contributed by atoms with Gasteiger partial charge < -0.3 is 10.2 Å². The Kier molecular flexibility index (Phi) is 5.58. The fraction of sp³-hybridized carbons (Fsp3) is 0.647. The fourth-order valence-corrected chi connectivity index (χ4v) is 2.99. The van der Waals surface area contributed by atoms with Gasteiger partial charge >= 0.3 is 0 Å². The molecule has 1 aliphatic heterocycles. The van der Waals surface area contributed by atoms with Crippen molar-refractivity contribution in [3.63, 3.8) is 0 Å². The van der Waals surface area contributed by atoms with Crippen molar-refractivity contribution in [1.29, 1.82) is 0 Å². The number of benzene rings is 1. The Bertz CT molecular complexity index is 384. The summed E-state index contributed by atoms with van der Waals surface area (Å²) in [5, 5.41) is 3.55. The molecule has 1 aromatic rings. The predicted molar refractivity (Wildman–Crippen MR) is 86.3 cm³/mol. The van der Waals surface area contributed by atoms with E-state index in [-0.39, 0.29) is 5.41 Å². The van der Waals surface area contributed by atoms with Crippen LogP contribution in [-0.4, -0.2) is 62.7 Å². The minimum atomic E-state index is 0.188. The SMILES string of the molecule is CCNCC(C)(CN1CCN(C)CC1)c1ccccc1. The number of piperazine rings is 1. The van der Waals surface area contributed by atoms with Crippen molar-refractivity contribution < 1.29 is 0 Å². The second-order valence-electron chi connectivity index (χ2n) is 6.29. The van der Waals surface area contributed by atoms with Crippen LogP contribution < -0.4 is 5.32 Å². The number of hydrogen-bond acceptors (Lipinski definition) is 3. The summed E-state index contributed by atoms with van der Waals surface area (Å²) in [5.41, 5.74) is 1.63. The number of nitrogens with one attached hydrogen (secondary N) is 1. The molecule has 0 amide bonds. The van der Waals surface area contributed by atoms with Crippen molar-refractivity contribution >= 4 is 0 Å². The minimum Gasteiger partial charge on any atom is -0.316 e. The molecule has 0 saturated carbocycles. The van der Waals surface area contributed by atoms with Crippen LogP contribution in [0.25, 0.3) is 0 Å². The van der Waals surface area contributed by atoms with E-state index >= 15 is 0 Å². The Hall–Kier alpha value is -0.900. The van der Waals surface area contributed by atoms with E-state index in [1.807, 2.05) is 0 Å². The van der Waals surface area contributed by atoms with E-state index in [4.69, 9.17) is 0 Å². The zero-order valence-electron chi connectivity index (χ0n) is 13.2. The van der Waals surface area contributed by atoms with Crippen molar-refractivity contribution in [1.82, 2.24) is 15.1 Å². The molecule has 1 aliphatic rings. The molecule has 3 nitrogen and oxygen atoms in total. The lowest BCUT2D eigenvalue weighted by Gasteiger charge is -2.40. The Labute approximate surface area is 124 Å². The van der Waals surface area contributed by atoms with Gasteiger partial charge in [0.05, 0.1) is 0 Å². The molecule has 1 aromatic carbocycles. The van der Waals surface area contributed by atoms with Crippen LogP contribution in [0, 0.1) is 0 Å². The summed E-state index contributed by atoms with van der Waals surface area (Å²) in [6.07, 6.45) is 0. The number of rotatable bonds is 6. The van der Waals surface area contributed by atoms with Crippen LogP contribution in [0.3, 0.4) is 0 Å². The molecule has 1 heterocycles. The van der Waals surface area contributed by atoms with Gasteiger partial charge in [-0.3, -0.25) is 4.90 Å². The molecule has 0 radical (unpaired) electrons. The third-order valence-corrected chi connectivity index (χ3v) is 4.40. The van der Waals surface area contributed by atoms with Gasteiger partial charge in [-0.2, -0.15) is 0 Å². The molecule has 3 heteroatoms. The van der Waals surface area contributed by atoms with Gasteiger partial charge in [-0.1, -0.05) is 44.2 Å². The van der Waals surface area contributed by atoms with E-state index in [1.165, 1.54) is 31.7 Å². The summed E-state index contributed by atoms with van der Waals surface area (Å²) in [6, 6.07) is 11.0. The lowest BCUT2D eigenvalue weighted by Crippen LogP contribution is -2.51. The van der Waals surface area contributed by atoms with Crippen molar-refractivity contribution in [3.05, 3.63) is 35.9 Å². The van der Waals surface area contributed by atoms with E-state index in [0.29, 0.717) is 0 Å². The zero-order chi connectivity index (χ0) is 14.4. The summed E-state index contributed by atoms with van der Waals surface area (Å²) < 4.78 is 0. The first-order chi connectivity index (χ1) is 9.64. The molecule has 1 fully saturated rings. The normalized spacial score (nSPS) is 20.8. The Morgan fingerprint density at radius 3 is 2.35 bits per heavy atom. The molecule has 1 unspecified atom stereocenters. The Balaban J connectivity index is 2.07. The highest BCUT2D eigenvalue weighted by Crippen LogP contribution is 2.25. The van der Waals surface area contributed by atoms with Crippen LogP contribution in [0.2, 0.25) is 0 Å². The van der Waals surface area contributed by atoms with Crippen LogP contribution in [0.5, 0.6) is 0 Å². The molecule has 1 saturated heterocycles. The summed E-state index contributed by atoms with van der Waals surface area (Å²) in [4.78, 5) is 5.03. The first-order valence-electron chi connectivity index (χ1n) is 7.81. The van der Waals surface area contributed by atoms with Gasteiger partial charge in [0.25, 0.3) is 0 Å². The van der Waals surface area contributed by atoms with Gasteiger partial charge in [-0.25, -0.2) is 0 Å². The summed E-state index contributed by atoms with van der Waals surface area (Å²) in [6.45, 7) is 12.5. The highest BCUT2D eigenvalue weighted by Gasteiger charge is 2.29. The van der Waals surface area contributed by atoms with E-state index in [0.717, 1.165) is 19.6 Å². The second-order valence-corrected chi connectivity index (χ2v) is 6.29. The maximum atomic E-state index is 3.55. The third kappa shape index (κ3) is 4.05. The Morgan fingerprint density at radius 1 is 1.10 bits per heavy atom. The molecule has 20 heavy (non-hydrogen) atoms. The first-order valence-corrected chi connectivity index (χ1v) is 7.81. The molecule has 0 spiro atoms. The van der Waals surface area contributed by atoms with Crippen LogP contribution in [0.15, 0.2) is 30.3 Å². The van der Waals surface area contributed by atoms with Crippen LogP contribution in [-0.2, 0) is 5.41 Å². The van der Waals surface area contributed by atoms with Gasteiger partial charge in [-0.05, 0) is 19.2 Å². The maximum absolute atomic E-state index is 3.55. The van der Waals surface area contributed by atoms with Crippen molar-refractivity contribution in [3.8, 4) is 0 Å². The minimum absolute atomic E-state index is 0.188. The lowest BCUT2D eigenvalue weighted by molar-refractivity contribution is 0.128. The Morgan fingerprint density at radius 2 is 1.75 bits per heavy atom. The maximum Gasteiger partial charge on any atom is 0.0177 e. The predicted octanol–water partition coefficient (Wildman–Crippen LogP) is 1.80. The second kappa shape index (κ2) is 7.21. The van der Waals surface area contributed by atoms with E-state index in [1.54, 1.807) is 0 Å². The molecule has 2 rings (SSSR count). The summed E-state index contributed by atoms with van der Waals surface area (Å²) >= 11 is 0. The van der Waals surface area contributed by atoms with Crippen LogP contribution in [0.1, 0.15) is 19.4 Å². The van der Waals surface area contributed by atoms with Gasteiger partial charge in [0, 0.05) is 44.7 Å². The molecule has 0 bridgehead atoms. The van der Waals surface area contributed by atoms with E-state index in [2.05, 4.69) is 66.3 Å². The average molecular weight is 275 g/mol. The van der Waals surface area contributed by atoms with Gasteiger partial charge in [0.15, 0.2) is 0 Å².